The molecule has 6 atom stereocenters. The zero-order valence-corrected chi connectivity index (χ0v) is 27.8. The predicted molar refractivity (Wildman–Crippen MR) is 165 cm³/mol. The Labute approximate surface area is 265 Å². The van der Waals surface area contributed by atoms with Gasteiger partial charge in [-0.15, -0.1) is 0 Å². The smallest absolute Gasteiger partial charge is 0.397 e. The number of aliphatic hydroxyl groups is 3. The lowest BCUT2D eigenvalue weighted by Crippen LogP contribution is -2.60. The molecule has 1 rings (SSSR count). The van der Waals surface area contributed by atoms with E-state index < -0.39 is 59.8 Å². The van der Waals surface area contributed by atoms with Crippen LogP contribution in [0.25, 0.3) is 0 Å². The van der Waals surface area contributed by atoms with Crippen molar-refractivity contribution in [1.29, 1.82) is 0 Å². The molecular formula is C31H60O12S. The number of unbranched alkanes of at least 4 members (excludes halogenated alkanes) is 15. The first-order valence-corrected chi connectivity index (χ1v) is 18.2. The van der Waals surface area contributed by atoms with E-state index in [9.17, 15) is 28.5 Å². The maximum Gasteiger partial charge on any atom is 0.397 e. The number of esters is 1. The highest BCUT2D eigenvalue weighted by Gasteiger charge is 2.48. The summed E-state index contributed by atoms with van der Waals surface area (Å²) >= 11 is 0. The van der Waals surface area contributed by atoms with E-state index in [0.717, 1.165) is 19.3 Å². The van der Waals surface area contributed by atoms with Gasteiger partial charge in [-0.2, -0.15) is 8.42 Å². The zero-order chi connectivity index (χ0) is 32.6. The lowest BCUT2D eigenvalue weighted by molar-refractivity contribution is -0.301. The maximum atomic E-state index is 12.1. The molecule has 0 aromatic rings. The van der Waals surface area contributed by atoms with E-state index >= 15 is 0 Å². The number of hydrogen-bond donors (Lipinski definition) is 4. The fourth-order valence-corrected chi connectivity index (χ4v) is 5.69. The van der Waals surface area contributed by atoms with Gasteiger partial charge < -0.3 is 34.3 Å². The fourth-order valence-electron chi connectivity index (χ4n) is 5.18. The van der Waals surface area contributed by atoms with Crippen molar-refractivity contribution in [3.8, 4) is 0 Å². The van der Waals surface area contributed by atoms with E-state index in [1.165, 1.54) is 83.5 Å². The molecule has 0 aliphatic carbocycles. The fraction of sp³-hybridized carbons (Fsp3) is 0.968. The molecule has 262 valence electrons. The Morgan fingerprint density at radius 3 is 1.77 bits per heavy atom. The monoisotopic (exact) mass is 656 g/mol. The molecule has 0 bridgehead atoms. The standard InChI is InChI=1S/C31H60O12S/c1-3-5-6-7-8-9-10-11-12-13-14-15-16-17-18-19-21-39-23-25(41-27(33)20-4-2)24-40-31-29(35)30(43-44(36,37)38)28(34)26(22-32)42-31/h25-26,28-32,34-35H,3-24H2,1-2H3,(H,36,37,38). The van der Waals surface area contributed by atoms with Crippen LogP contribution in [-0.4, -0.2) is 97.5 Å². The Hall–Kier alpha value is -0.900. The molecule has 0 spiro atoms. The highest BCUT2D eigenvalue weighted by atomic mass is 32.3. The molecule has 0 saturated carbocycles. The Kier molecular flexibility index (Phi) is 23.6. The normalized spacial score (nSPS) is 23.1. The van der Waals surface area contributed by atoms with Gasteiger partial charge >= 0.3 is 16.4 Å². The predicted octanol–water partition coefficient (Wildman–Crippen LogP) is 4.62. The summed E-state index contributed by atoms with van der Waals surface area (Å²) in [5.74, 6) is -0.450. The number of carbonyl (C=O) groups excluding carboxylic acids is 1. The van der Waals surface area contributed by atoms with E-state index in [1.54, 1.807) is 0 Å². The van der Waals surface area contributed by atoms with Gasteiger partial charge in [0.2, 0.25) is 0 Å². The van der Waals surface area contributed by atoms with Crippen molar-refractivity contribution in [2.75, 3.05) is 26.4 Å². The summed E-state index contributed by atoms with van der Waals surface area (Å²) in [6, 6.07) is 0. The summed E-state index contributed by atoms with van der Waals surface area (Å²) in [5, 5.41) is 30.1. The highest BCUT2D eigenvalue weighted by molar-refractivity contribution is 7.80. The van der Waals surface area contributed by atoms with Crippen molar-refractivity contribution in [1.82, 2.24) is 0 Å². The van der Waals surface area contributed by atoms with Gasteiger partial charge in [0.05, 0.1) is 19.8 Å². The molecule has 1 aliphatic rings. The molecule has 4 N–H and O–H groups in total. The average molecular weight is 657 g/mol. The molecule has 0 aromatic carbocycles. The zero-order valence-electron chi connectivity index (χ0n) is 27.0. The summed E-state index contributed by atoms with van der Waals surface area (Å²) in [6.07, 6.45) is 12.0. The highest BCUT2D eigenvalue weighted by Crippen LogP contribution is 2.26. The molecule has 0 aromatic heterocycles. The molecule has 0 amide bonds. The maximum absolute atomic E-state index is 12.1. The van der Waals surface area contributed by atoms with Gasteiger partial charge in [-0.05, 0) is 12.8 Å². The number of ether oxygens (including phenoxy) is 4. The van der Waals surface area contributed by atoms with Gasteiger partial charge in [0.25, 0.3) is 0 Å². The quantitative estimate of drug-likeness (QED) is 0.0523. The molecule has 1 heterocycles. The Balaban J connectivity index is 2.29. The first kappa shape index (κ1) is 41.1. The van der Waals surface area contributed by atoms with Crippen LogP contribution < -0.4 is 0 Å². The van der Waals surface area contributed by atoms with Gasteiger partial charge in [-0.25, -0.2) is 4.18 Å². The first-order chi connectivity index (χ1) is 21.1. The van der Waals surface area contributed by atoms with Crippen molar-refractivity contribution in [2.45, 2.75) is 166 Å². The van der Waals surface area contributed by atoms with Gasteiger partial charge in [-0.1, -0.05) is 110 Å². The van der Waals surface area contributed by atoms with Crippen LogP contribution in [0.3, 0.4) is 0 Å². The molecule has 1 saturated heterocycles. The van der Waals surface area contributed by atoms with Crippen LogP contribution in [0.5, 0.6) is 0 Å². The van der Waals surface area contributed by atoms with Crippen LogP contribution in [0.2, 0.25) is 0 Å². The van der Waals surface area contributed by atoms with Crippen molar-refractivity contribution >= 4 is 16.4 Å². The summed E-state index contributed by atoms with van der Waals surface area (Å²) in [6.45, 7) is 3.59. The third-order valence-corrected chi connectivity index (χ3v) is 8.16. The van der Waals surface area contributed by atoms with Gasteiger partial charge in [0.1, 0.15) is 30.5 Å². The van der Waals surface area contributed by atoms with Crippen LogP contribution in [-0.2, 0) is 38.3 Å². The second-order valence-electron chi connectivity index (χ2n) is 11.8. The largest absolute Gasteiger partial charge is 0.457 e. The Morgan fingerprint density at radius 2 is 1.30 bits per heavy atom. The molecule has 12 nitrogen and oxygen atoms in total. The van der Waals surface area contributed by atoms with Crippen molar-refractivity contribution in [3.05, 3.63) is 0 Å². The summed E-state index contributed by atoms with van der Waals surface area (Å²) in [7, 11) is -5.04. The minimum Gasteiger partial charge on any atom is -0.457 e. The number of aliphatic hydroxyl groups excluding tert-OH is 3. The van der Waals surface area contributed by atoms with Crippen molar-refractivity contribution in [2.24, 2.45) is 0 Å². The van der Waals surface area contributed by atoms with E-state index in [-0.39, 0.29) is 19.6 Å². The number of rotatable bonds is 28. The molecule has 1 fully saturated rings. The van der Waals surface area contributed by atoms with E-state index in [1.807, 2.05) is 6.92 Å². The van der Waals surface area contributed by atoms with Crippen LogP contribution in [0, 0.1) is 0 Å². The summed E-state index contributed by atoms with van der Waals surface area (Å²) < 4.78 is 57.8. The lowest BCUT2D eigenvalue weighted by Gasteiger charge is -2.41. The second-order valence-corrected chi connectivity index (χ2v) is 12.8. The third kappa shape index (κ3) is 19.6. The second kappa shape index (κ2) is 25.2. The molecule has 44 heavy (non-hydrogen) atoms. The van der Waals surface area contributed by atoms with Crippen LogP contribution in [0.4, 0.5) is 0 Å². The van der Waals surface area contributed by atoms with Gasteiger partial charge in [-0.3, -0.25) is 9.35 Å². The van der Waals surface area contributed by atoms with Crippen LogP contribution in [0.15, 0.2) is 0 Å². The third-order valence-electron chi connectivity index (χ3n) is 7.70. The number of hydrogen-bond acceptors (Lipinski definition) is 11. The minimum absolute atomic E-state index is 0.0357. The minimum atomic E-state index is -5.04. The molecular weight excluding hydrogens is 596 g/mol. The van der Waals surface area contributed by atoms with E-state index in [2.05, 4.69) is 11.1 Å². The van der Waals surface area contributed by atoms with Gasteiger partial charge in [0.15, 0.2) is 6.29 Å². The van der Waals surface area contributed by atoms with E-state index in [0.29, 0.717) is 13.0 Å². The topological polar surface area (TPSA) is 178 Å². The van der Waals surface area contributed by atoms with Crippen LogP contribution in [0.1, 0.15) is 129 Å². The Bertz CT molecular complexity index is 811. The van der Waals surface area contributed by atoms with Gasteiger partial charge in [0, 0.05) is 13.0 Å². The van der Waals surface area contributed by atoms with Crippen LogP contribution >= 0.6 is 0 Å². The lowest BCUT2D eigenvalue weighted by atomic mass is 9.99. The summed E-state index contributed by atoms with van der Waals surface area (Å²) in [5.41, 5.74) is 0. The number of carbonyl (C=O) groups is 1. The van der Waals surface area contributed by atoms with E-state index in [4.69, 9.17) is 23.5 Å². The molecule has 13 heteroatoms. The molecule has 6 unspecified atom stereocenters. The van der Waals surface area contributed by atoms with Crippen molar-refractivity contribution < 1.29 is 56.2 Å². The average Bonchev–Trinajstić information content (AvgIpc) is 2.97. The Morgan fingerprint density at radius 1 is 0.773 bits per heavy atom. The molecule has 0 radical (unpaired) electrons. The SMILES string of the molecule is CCCCCCCCCCCCCCCCCCOCC(COC1OC(CO)C(O)C(OS(=O)(=O)O)C1O)OC(=O)CCC. The van der Waals surface area contributed by atoms with Crippen molar-refractivity contribution in [3.63, 3.8) is 0 Å². The molecule has 1 aliphatic heterocycles. The first-order valence-electron chi connectivity index (χ1n) is 16.8. The summed E-state index contributed by atoms with van der Waals surface area (Å²) in [4.78, 5) is 12.1.